The Labute approximate surface area is 124 Å². The Morgan fingerprint density at radius 3 is 2.22 bits per heavy atom. The molecule has 0 N–H and O–H groups in total. The molecule has 1 aromatic rings. The van der Waals surface area contributed by atoms with E-state index < -0.39 is 3.79 Å². The summed E-state index contributed by atoms with van der Waals surface area (Å²) in [5.74, 6) is 0.874. The van der Waals surface area contributed by atoms with Crippen LogP contribution >= 0.6 is 34.8 Å². The average molecular weight is 310 g/mol. The maximum Gasteiger partial charge on any atom is 0.191 e. The van der Waals surface area contributed by atoms with E-state index in [1.54, 1.807) is 0 Å². The Kier molecular flexibility index (Phi) is 5.64. The third kappa shape index (κ3) is 4.22. The fourth-order valence-corrected chi connectivity index (χ4v) is 2.98. The summed E-state index contributed by atoms with van der Waals surface area (Å²) in [6, 6.07) is 7.96. The Balaban J connectivity index is 3.14. The highest BCUT2D eigenvalue weighted by atomic mass is 35.6. The normalized spacial score (nSPS) is 15.2. The minimum absolute atomic E-state index is 0.211. The van der Waals surface area contributed by atoms with Gasteiger partial charge in [0, 0.05) is 12.0 Å². The highest BCUT2D eigenvalue weighted by Gasteiger charge is 2.36. The first-order valence-electron chi connectivity index (χ1n) is 6.11. The number of hydrogen-bond acceptors (Lipinski definition) is 1. The Hall–Kier alpha value is -0.110. The lowest BCUT2D eigenvalue weighted by Crippen LogP contribution is -2.27. The van der Waals surface area contributed by atoms with E-state index in [1.807, 2.05) is 31.2 Å². The highest BCUT2D eigenvalue weighted by Crippen LogP contribution is 2.45. The van der Waals surface area contributed by atoms with Crippen molar-refractivity contribution in [3.8, 4) is 5.75 Å². The van der Waals surface area contributed by atoms with E-state index in [0.717, 1.165) is 17.7 Å². The van der Waals surface area contributed by atoms with Gasteiger partial charge in [0.05, 0.1) is 6.61 Å². The number of benzene rings is 1. The van der Waals surface area contributed by atoms with Gasteiger partial charge in [-0.2, -0.15) is 0 Å². The van der Waals surface area contributed by atoms with E-state index in [9.17, 15) is 0 Å². The summed E-state index contributed by atoms with van der Waals surface area (Å²) in [7, 11) is 0. The number of ether oxygens (including phenoxy) is 1. The number of alkyl halides is 3. The Morgan fingerprint density at radius 2 is 1.72 bits per heavy atom. The fourth-order valence-electron chi connectivity index (χ4n) is 2.10. The van der Waals surface area contributed by atoms with Crippen LogP contribution in [0.1, 0.15) is 39.2 Å². The van der Waals surface area contributed by atoms with Crippen LogP contribution in [0.15, 0.2) is 24.3 Å². The van der Waals surface area contributed by atoms with E-state index in [2.05, 4.69) is 13.8 Å². The molecule has 0 saturated carbocycles. The summed E-state index contributed by atoms with van der Waals surface area (Å²) in [6.45, 7) is 6.80. The van der Waals surface area contributed by atoms with Crippen LogP contribution in [0.2, 0.25) is 0 Å². The summed E-state index contributed by atoms with van der Waals surface area (Å²) in [4.78, 5) is 0. The van der Waals surface area contributed by atoms with Crippen LogP contribution in [0, 0.1) is 0 Å². The first-order valence-corrected chi connectivity index (χ1v) is 7.25. The molecule has 0 fully saturated rings. The third-order valence-electron chi connectivity index (χ3n) is 3.21. The molecule has 0 spiro atoms. The van der Waals surface area contributed by atoms with Crippen molar-refractivity contribution in [2.24, 2.45) is 0 Å². The molecule has 4 heteroatoms. The van der Waals surface area contributed by atoms with Gasteiger partial charge in [-0.3, -0.25) is 0 Å². The minimum atomic E-state index is -1.26. The van der Waals surface area contributed by atoms with Gasteiger partial charge in [-0.1, -0.05) is 66.8 Å². The van der Waals surface area contributed by atoms with Gasteiger partial charge in [0.2, 0.25) is 0 Å². The summed E-state index contributed by atoms with van der Waals surface area (Å²) in [5.41, 5.74) is 0.887. The monoisotopic (exact) mass is 308 g/mol. The largest absolute Gasteiger partial charge is 0.494 e. The van der Waals surface area contributed by atoms with Crippen molar-refractivity contribution in [3.05, 3.63) is 29.8 Å². The van der Waals surface area contributed by atoms with E-state index in [0.29, 0.717) is 13.0 Å². The smallest absolute Gasteiger partial charge is 0.191 e. The Morgan fingerprint density at radius 1 is 1.11 bits per heavy atom. The molecule has 102 valence electrons. The maximum atomic E-state index is 5.97. The SMILES string of the molecule is CCOc1ccccc1C(C)(CC)CC(Cl)(Cl)Cl. The van der Waals surface area contributed by atoms with Crippen molar-refractivity contribution in [2.45, 2.75) is 42.8 Å². The zero-order chi connectivity index (χ0) is 13.8. The Bertz CT molecular complexity index is 387. The lowest BCUT2D eigenvalue weighted by molar-refractivity contribution is 0.319. The average Bonchev–Trinajstić information content (AvgIpc) is 2.28. The van der Waals surface area contributed by atoms with Crippen molar-refractivity contribution < 1.29 is 4.74 Å². The van der Waals surface area contributed by atoms with Crippen LogP contribution < -0.4 is 4.74 Å². The number of para-hydroxylation sites is 1. The second-order valence-electron chi connectivity index (χ2n) is 4.64. The topological polar surface area (TPSA) is 9.23 Å². The summed E-state index contributed by atoms with van der Waals surface area (Å²) < 4.78 is 4.41. The molecular weight excluding hydrogens is 291 g/mol. The number of halogens is 3. The first-order chi connectivity index (χ1) is 8.32. The first kappa shape index (κ1) is 15.9. The molecule has 0 saturated heterocycles. The molecule has 0 aliphatic rings. The lowest BCUT2D eigenvalue weighted by Gasteiger charge is -2.33. The van der Waals surface area contributed by atoms with Gasteiger partial charge in [0.15, 0.2) is 3.79 Å². The highest BCUT2D eigenvalue weighted by molar-refractivity contribution is 6.67. The molecule has 0 radical (unpaired) electrons. The number of rotatable bonds is 5. The van der Waals surface area contributed by atoms with Crippen molar-refractivity contribution in [1.29, 1.82) is 0 Å². The summed E-state index contributed by atoms with van der Waals surface area (Å²) in [6.07, 6.45) is 1.34. The van der Waals surface area contributed by atoms with Crippen molar-refractivity contribution >= 4 is 34.8 Å². The van der Waals surface area contributed by atoms with Crippen LogP contribution in [0.4, 0.5) is 0 Å². The molecule has 0 amide bonds. The van der Waals surface area contributed by atoms with E-state index in [1.165, 1.54) is 0 Å². The predicted octanol–water partition coefficient (Wildman–Crippen LogP) is 5.51. The zero-order valence-electron chi connectivity index (χ0n) is 11.0. The standard InChI is InChI=1S/C14H19Cl3O/c1-4-13(3,10-14(15,16)17)11-8-6-7-9-12(11)18-5-2/h6-9H,4-5,10H2,1-3H3. The molecule has 0 heterocycles. The second-order valence-corrected chi connectivity index (χ2v) is 7.15. The molecule has 0 aliphatic carbocycles. The van der Waals surface area contributed by atoms with Gasteiger partial charge in [-0.05, 0) is 24.8 Å². The van der Waals surface area contributed by atoms with Crippen LogP contribution in [-0.4, -0.2) is 10.4 Å². The third-order valence-corrected chi connectivity index (χ3v) is 3.61. The molecular formula is C14H19Cl3O. The van der Waals surface area contributed by atoms with Crippen LogP contribution in [-0.2, 0) is 5.41 Å². The zero-order valence-corrected chi connectivity index (χ0v) is 13.2. The molecule has 1 nitrogen and oxygen atoms in total. The van der Waals surface area contributed by atoms with Crippen LogP contribution in [0.3, 0.4) is 0 Å². The van der Waals surface area contributed by atoms with E-state index in [-0.39, 0.29) is 5.41 Å². The van der Waals surface area contributed by atoms with Gasteiger partial charge in [0.1, 0.15) is 5.75 Å². The van der Waals surface area contributed by atoms with Gasteiger partial charge >= 0.3 is 0 Å². The van der Waals surface area contributed by atoms with E-state index >= 15 is 0 Å². The molecule has 1 rings (SSSR count). The van der Waals surface area contributed by atoms with Gasteiger partial charge in [-0.15, -0.1) is 0 Å². The molecule has 0 bridgehead atoms. The molecule has 0 aliphatic heterocycles. The van der Waals surface area contributed by atoms with Gasteiger partial charge < -0.3 is 4.74 Å². The van der Waals surface area contributed by atoms with Gasteiger partial charge in [0.25, 0.3) is 0 Å². The molecule has 1 atom stereocenters. The van der Waals surface area contributed by atoms with Crippen molar-refractivity contribution in [1.82, 2.24) is 0 Å². The van der Waals surface area contributed by atoms with Gasteiger partial charge in [-0.25, -0.2) is 0 Å². The van der Waals surface area contributed by atoms with Crippen molar-refractivity contribution in [3.63, 3.8) is 0 Å². The molecule has 1 unspecified atom stereocenters. The molecule has 1 aromatic carbocycles. The number of hydrogen-bond donors (Lipinski definition) is 0. The summed E-state index contributed by atoms with van der Waals surface area (Å²) >= 11 is 17.9. The van der Waals surface area contributed by atoms with Crippen molar-refractivity contribution in [2.75, 3.05) is 6.61 Å². The van der Waals surface area contributed by atoms with Crippen LogP contribution in [0.5, 0.6) is 5.75 Å². The molecule has 0 aromatic heterocycles. The maximum absolute atomic E-state index is 5.97. The fraction of sp³-hybridized carbons (Fsp3) is 0.571. The quantitative estimate of drug-likeness (QED) is 0.651. The second kappa shape index (κ2) is 6.36. The summed E-state index contributed by atoms with van der Waals surface area (Å²) in [5, 5.41) is 0. The molecule has 18 heavy (non-hydrogen) atoms. The van der Waals surface area contributed by atoms with E-state index in [4.69, 9.17) is 39.5 Å². The predicted molar refractivity (Wildman–Crippen MR) is 80.2 cm³/mol. The minimum Gasteiger partial charge on any atom is -0.494 e. The van der Waals surface area contributed by atoms with Crippen LogP contribution in [0.25, 0.3) is 0 Å². The lowest BCUT2D eigenvalue weighted by atomic mass is 9.77.